The Labute approximate surface area is 102 Å². The number of aliphatic hydroxyl groups excluding tert-OH is 1. The highest BCUT2D eigenvalue weighted by Crippen LogP contribution is 2.15. The fraction of sp³-hybridized carbons (Fsp3) is 0.600. The second-order valence-electron chi connectivity index (χ2n) is 3.78. The van der Waals surface area contributed by atoms with Gasteiger partial charge in [-0.1, -0.05) is 6.92 Å². The molecule has 0 aromatic carbocycles. The Morgan fingerprint density at radius 3 is 3.12 bits per heavy atom. The average Bonchev–Trinajstić information content (AvgIpc) is 2.29. The second-order valence-corrected chi connectivity index (χ2v) is 4.58. The van der Waals surface area contributed by atoms with Gasteiger partial charge < -0.3 is 10.4 Å². The third-order valence-electron chi connectivity index (χ3n) is 2.30. The van der Waals surface area contributed by atoms with Gasteiger partial charge in [0.15, 0.2) is 0 Å². The molecular weight excluding hydrogens is 274 g/mol. The molecular formula is C10H16BrN3O2. The van der Waals surface area contributed by atoms with Gasteiger partial charge in [-0.3, -0.25) is 4.79 Å². The smallest absolute Gasteiger partial charge is 0.280 e. The zero-order valence-corrected chi connectivity index (χ0v) is 10.7. The molecule has 0 saturated carbocycles. The van der Waals surface area contributed by atoms with Crippen LogP contribution in [0.5, 0.6) is 0 Å². The first-order chi connectivity index (χ1) is 7.65. The van der Waals surface area contributed by atoms with Crippen molar-refractivity contribution in [2.45, 2.75) is 19.8 Å². The number of hydrogen-bond donors (Lipinski definition) is 3. The van der Waals surface area contributed by atoms with Gasteiger partial charge >= 0.3 is 0 Å². The number of halogens is 1. The topological polar surface area (TPSA) is 78.0 Å². The van der Waals surface area contributed by atoms with Crippen molar-refractivity contribution >= 4 is 21.6 Å². The van der Waals surface area contributed by atoms with Gasteiger partial charge in [-0.15, -0.1) is 0 Å². The molecule has 5 nitrogen and oxygen atoms in total. The summed E-state index contributed by atoms with van der Waals surface area (Å²) in [5.74, 6) is 0.322. The molecule has 1 aromatic rings. The molecule has 0 fully saturated rings. The number of rotatable bonds is 6. The number of nitrogens with one attached hydrogen (secondary N) is 2. The first-order valence-electron chi connectivity index (χ1n) is 5.23. The number of anilines is 1. The van der Waals surface area contributed by atoms with Crippen LogP contribution >= 0.6 is 15.9 Å². The van der Waals surface area contributed by atoms with Crippen LogP contribution in [0.25, 0.3) is 0 Å². The van der Waals surface area contributed by atoms with Crippen molar-refractivity contribution in [3.63, 3.8) is 0 Å². The van der Waals surface area contributed by atoms with Crippen molar-refractivity contribution in [1.82, 2.24) is 10.2 Å². The van der Waals surface area contributed by atoms with E-state index in [1.165, 1.54) is 0 Å². The second kappa shape index (κ2) is 6.65. The number of aromatic nitrogens is 2. The van der Waals surface area contributed by atoms with E-state index >= 15 is 0 Å². The van der Waals surface area contributed by atoms with E-state index in [4.69, 9.17) is 5.11 Å². The fourth-order valence-electron chi connectivity index (χ4n) is 1.27. The Bertz CT molecular complexity index is 381. The molecule has 0 aliphatic heterocycles. The molecule has 1 heterocycles. The number of aromatic amines is 1. The standard InChI is InChI=1S/C10H16BrN3O2/c1-7(6-15)3-2-4-12-8-5-13-14-10(16)9(8)11/h5,7,15H,2-4,6H2,1H3,(H2,12,14,16). The normalized spacial score (nSPS) is 12.4. The van der Waals surface area contributed by atoms with Crippen LogP contribution in [0.2, 0.25) is 0 Å². The highest BCUT2D eigenvalue weighted by molar-refractivity contribution is 9.10. The SMILES string of the molecule is CC(CO)CCCNc1cn[nH]c(=O)c1Br. The van der Waals surface area contributed by atoms with Crippen molar-refractivity contribution in [1.29, 1.82) is 0 Å². The predicted octanol–water partition coefficient (Wildman–Crippen LogP) is 1.35. The van der Waals surface area contributed by atoms with Crippen LogP contribution in [0.3, 0.4) is 0 Å². The lowest BCUT2D eigenvalue weighted by atomic mass is 10.1. The van der Waals surface area contributed by atoms with Crippen LogP contribution in [0, 0.1) is 5.92 Å². The molecule has 0 bridgehead atoms. The summed E-state index contributed by atoms with van der Waals surface area (Å²) >= 11 is 3.19. The highest BCUT2D eigenvalue weighted by Gasteiger charge is 2.04. The van der Waals surface area contributed by atoms with Crippen LogP contribution in [0.1, 0.15) is 19.8 Å². The molecule has 1 atom stereocenters. The molecule has 16 heavy (non-hydrogen) atoms. The van der Waals surface area contributed by atoms with Crippen molar-refractivity contribution in [3.8, 4) is 0 Å². The summed E-state index contributed by atoms with van der Waals surface area (Å²) in [4.78, 5) is 11.2. The van der Waals surface area contributed by atoms with Gasteiger partial charge in [0.2, 0.25) is 0 Å². The number of hydrogen-bond acceptors (Lipinski definition) is 4. The Kier molecular flexibility index (Phi) is 5.48. The van der Waals surface area contributed by atoms with E-state index in [1.54, 1.807) is 6.20 Å². The lowest BCUT2D eigenvalue weighted by molar-refractivity contribution is 0.229. The Morgan fingerprint density at radius 2 is 2.44 bits per heavy atom. The first kappa shape index (κ1) is 13.2. The van der Waals surface area contributed by atoms with Gasteiger partial charge in [-0.05, 0) is 34.7 Å². The zero-order valence-electron chi connectivity index (χ0n) is 9.16. The maximum Gasteiger partial charge on any atom is 0.280 e. The van der Waals surface area contributed by atoms with Crippen molar-refractivity contribution in [3.05, 3.63) is 21.0 Å². The van der Waals surface area contributed by atoms with Gasteiger partial charge in [-0.25, -0.2) is 5.10 Å². The quantitative estimate of drug-likeness (QED) is 0.691. The minimum Gasteiger partial charge on any atom is -0.396 e. The molecule has 1 unspecified atom stereocenters. The molecule has 0 spiro atoms. The Morgan fingerprint density at radius 1 is 1.69 bits per heavy atom. The lowest BCUT2D eigenvalue weighted by Gasteiger charge is -2.09. The van der Waals surface area contributed by atoms with Crippen molar-refractivity contribution < 1.29 is 5.11 Å². The summed E-state index contributed by atoms with van der Waals surface area (Å²) in [5.41, 5.74) is 0.453. The molecule has 90 valence electrons. The number of nitrogens with zero attached hydrogens (tertiary/aromatic N) is 1. The van der Waals surface area contributed by atoms with Gasteiger partial charge in [0.05, 0.1) is 11.9 Å². The largest absolute Gasteiger partial charge is 0.396 e. The zero-order chi connectivity index (χ0) is 12.0. The first-order valence-corrected chi connectivity index (χ1v) is 6.02. The van der Waals surface area contributed by atoms with Gasteiger partial charge in [0, 0.05) is 13.2 Å². The van der Waals surface area contributed by atoms with E-state index in [-0.39, 0.29) is 12.2 Å². The van der Waals surface area contributed by atoms with Crippen molar-refractivity contribution in [2.24, 2.45) is 5.92 Å². The maximum atomic E-state index is 11.2. The fourth-order valence-corrected chi connectivity index (χ4v) is 1.60. The van der Waals surface area contributed by atoms with E-state index < -0.39 is 0 Å². The molecule has 3 N–H and O–H groups in total. The third kappa shape index (κ3) is 3.94. The third-order valence-corrected chi connectivity index (χ3v) is 3.08. The summed E-state index contributed by atoms with van der Waals surface area (Å²) in [6, 6.07) is 0. The summed E-state index contributed by atoms with van der Waals surface area (Å²) < 4.78 is 0.470. The minimum atomic E-state index is -0.242. The summed E-state index contributed by atoms with van der Waals surface area (Å²) in [7, 11) is 0. The van der Waals surface area contributed by atoms with Gasteiger partial charge in [0.25, 0.3) is 5.56 Å². The minimum absolute atomic E-state index is 0.219. The highest BCUT2D eigenvalue weighted by atomic mass is 79.9. The van der Waals surface area contributed by atoms with E-state index in [2.05, 4.69) is 31.4 Å². The van der Waals surface area contributed by atoms with Gasteiger partial charge in [0.1, 0.15) is 4.47 Å². The predicted molar refractivity (Wildman–Crippen MR) is 66.5 cm³/mol. The molecule has 1 rings (SSSR count). The molecule has 0 saturated heterocycles. The van der Waals surface area contributed by atoms with E-state index in [1.807, 2.05) is 6.92 Å². The molecule has 0 aliphatic rings. The van der Waals surface area contributed by atoms with E-state index in [0.29, 0.717) is 16.1 Å². The van der Waals surface area contributed by atoms with Crippen LogP contribution in [-0.4, -0.2) is 28.5 Å². The molecule has 1 aromatic heterocycles. The monoisotopic (exact) mass is 289 g/mol. The van der Waals surface area contributed by atoms with Gasteiger partial charge in [-0.2, -0.15) is 5.10 Å². The molecule has 0 amide bonds. The van der Waals surface area contributed by atoms with Crippen LogP contribution in [0.4, 0.5) is 5.69 Å². The summed E-state index contributed by atoms with van der Waals surface area (Å²) in [6.07, 6.45) is 3.47. The maximum absolute atomic E-state index is 11.2. The van der Waals surface area contributed by atoms with E-state index in [0.717, 1.165) is 19.4 Å². The van der Waals surface area contributed by atoms with Crippen LogP contribution in [-0.2, 0) is 0 Å². The van der Waals surface area contributed by atoms with Crippen molar-refractivity contribution in [2.75, 3.05) is 18.5 Å². The lowest BCUT2D eigenvalue weighted by Crippen LogP contribution is -2.13. The van der Waals surface area contributed by atoms with E-state index in [9.17, 15) is 4.79 Å². The number of aliphatic hydroxyl groups is 1. The average molecular weight is 290 g/mol. The van der Waals surface area contributed by atoms with Crippen LogP contribution in [0.15, 0.2) is 15.5 Å². The summed E-state index contributed by atoms with van der Waals surface area (Å²) in [6.45, 7) is 2.98. The Balaban J connectivity index is 2.38. The summed E-state index contributed by atoms with van der Waals surface area (Å²) in [5, 5.41) is 18.0. The Hall–Kier alpha value is -0.880. The molecule has 0 aliphatic carbocycles. The van der Waals surface area contributed by atoms with Crippen LogP contribution < -0.4 is 10.9 Å². The number of H-pyrrole nitrogens is 1. The molecule has 0 radical (unpaired) electrons. The molecule has 6 heteroatoms.